The van der Waals surface area contributed by atoms with Crippen LogP contribution in [0, 0.1) is 0 Å². The van der Waals surface area contributed by atoms with Crippen LogP contribution in [0.3, 0.4) is 0 Å². The van der Waals surface area contributed by atoms with Gasteiger partial charge < -0.3 is 19.9 Å². The van der Waals surface area contributed by atoms with Crippen molar-refractivity contribution >= 4 is 16.7 Å². The van der Waals surface area contributed by atoms with Crippen LogP contribution in [0.2, 0.25) is 0 Å². The van der Waals surface area contributed by atoms with E-state index in [0.29, 0.717) is 6.54 Å². The minimum Gasteiger partial charge on any atom is -0.489 e. The number of anilines is 1. The van der Waals surface area contributed by atoms with Crippen molar-refractivity contribution < 1.29 is 4.74 Å². The molecule has 0 saturated heterocycles. The van der Waals surface area contributed by atoms with Gasteiger partial charge in [0.05, 0.1) is 41.3 Å². The zero-order valence-corrected chi connectivity index (χ0v) is 20.7. The van der Waals surface area contributed by atoms with E-state index in [4.69, 9.17) is 9.72 Å². The highest BCUT2D eigenvalue weighted by Gasteiger charge is 2.21. The van der Waals surface area contributed by atoms with E-state index in [1.54, 1.807) is 0 Å². The van der Waals surface area contributed by atoms with Gasteiger partial charge >= 0.3 is 0 Å². The molecule has 2 aromatic carbocycles. The lowest BCUT2D eigenvalue weighted by Crippen LogP contribution is -2.25. The van der Waals surface area contributed by atoms with Crippen LogP contribution in [0.5, 0.6) is 5.75 Å². The quantitative estimate of drug-likeness (QED) is 0.297. The number of fused-ring (bicyclic) bond motifs is 2. The monoisotopic (exact) mass is 490 g/mol. The largest absolute Gasteiger partial charge is 0.489 e. The summed E-state index contributed by atoms with van der Waals surface area (Å²) < 4.78 is 6.12. The summed E-state index contributed by atoms with van der Waals surface area (Å²) >= 11 is 0. The van der Waals surface area contributed by atoms with Gasteiger partial charge in [-0.3, -0.25) is 9.97 Å². The molecule has 0 bridgehead atoms. The summed E-state index contributed by atoms with van der Waals surface area (Å²) in [5, 5.41) is 3.47. The molecule has 0 radical (unpaired) electrons. The topological polar surface area (TPSA) is 79.0 Å². The summed E-state index contributed by atoms with van der Waals surface area (Å²) in [6.45, 7) is 3.65. The lowest BCUT2D eigenvalue weighted by molar-refractivity contribution is 0.285. The van der Waals surface area contributed by atoms with Crippen molar-refractivity contribution in [1.29, 1.82) is 0 Å². The van der Waals surface area contributed by atoms with Crippen LogP contribution in [-0.4, -0.2) is 26.5 Å². The first-order valence-electron chi connectivity index (χ1n) is 12.8. The first kappa shape index (κ1) is 23.2. The maximum absolute atomic E-state index is 6.12. The minimum absolute atomic E-state index is 0.641. The highest BCUT2D eigenvalue weighted by Crippen LogP contribution is 2.35. The number of para-hydroxylation sites is 2. The molecule has 7 heteroatoms. The summed E-state index contributed by atoms with van der Waals surface area (Å²) in [5.41, 5.74) is 7.64. The molecule has 3 aromatic heterocycles. The highest BCUT2D eigenvalue weighted by molar-refractivity contribution is 5.74. The first-order valence-corrected chi connectivity index (χ1v) is 12.8. The van der Waals surface area contributed by atoms with Gasteiger partial charge in [0.25, 0.3) is 0 Å². The van der Waals surface area contributed by atoms with E-state index in [1.807, 2.05) is 48.8 Å². The Kier molecular flexibility index (Phi) is 6.77. The molecule has 7 nitrogen and oxygen atoms in total. The molecule has 1 aliphatic heterocycles. The molecule has 0 fully saturated rings. The standard InChI is InChI=1S/C30H30N6O/c1-2-8-26-25(7-1)34-29(35-26)21-36(28-14-16-33-27-9-5-17-37-30(27)28)20-23-12-10-22(11-13-23)18-31-19-24-6-3-4-15-32-24/h1-4,6-8,10-16,31H,5,9,17-21H2,(H,34,35). The number of pyridine rings is 2. The third kappa shape index (κ3) is 5.47. The lowest BCUT2D eigenvalue weighted by Gasteiger charge is -2.28. The number of ether oxygens (including phenoxy) is 1. The first-order chi connectivity index (χ1) is 18.3. The molecule has 0 atom stereocenters. The van der Waals surface area contributed by atoms with Crippen molar-refractivity contribution in [3.63, 3.8) is 0 Å². The maximum Gasteiger partial charge on any atom is 0.164 e. The minimum atomic E-state index is 0.641. The van der Waals surface area contributed by atoms with E-state index in [-0.39, 0.29) is 0 Å². The van der Waals surface area contributed by atoms with Crippen LogP contribution in [0.15, 0.2) is 85.2 Å². The number of aryl methyl sites for hydroxylation is 1. The molecule has 0 spiro atoms. The molecule has 0 amide bonds. The van der Waals surface area contributed by atoms with Crippen molar-refractivity contribution in [2.45, 2.75) is 39.0 Å². The Morgan fingerprint density at radius 2 is 1.70 bits per heavy atom. The SMILES string of the molecule is c1ccc(CNCc2ccc(CN(Cc3nc4ccccc4[nH]3)c3ccnc4c3OCCC4)cc2)nc1. The molecule has 0 saturated carbocycles. The molecular formula is C30H30N6O. The smallest absolute Gasteiger partial charge is 0.164 e. The third-order valence-electron chi connectivity index (χ3n) is 6.64. The van der Waals surface area contributed by atoms with Gasteiger partial charge in [-0.15, -0.1) is 0 Å². The number of H-pyrrole nitrogens is 1. The third-order valence-corrected chi connectivity index (χ3v) is 6.64. The summed E-state index contributed by atoms with van der Waals surface area (Å²) in [7, 11) is 0. The van der Waals surface area contributed by atoms with E-state index in [9.17, 15) is 0 Å². The fourth-order valence-corrected chi connectivity index (χ4v) is 4.79. The van der Waals surface area contributed by atoms with E-state index in [2.05, 4.69) is 61.6 Å². The van der Waals surface area contributed by atoms with Crippen molar-refractivity contribution in [2.24, 2.45) is 0 Å². The summed E-state index contributed by atoms with van der Waals surface area (Å²) in [6, 6.07) is 25.0. The van der Waals surface area contributed by atoms with Gasteiger partial charge in [0.2, 0.25) is 0 Å². The van der Waals surface area contributed by atoms with Crippen molar-refractivity contribution in [3.05, 3.63) is 114 Å². The predicted octanol–water partition coefficient (Wildman–Crippen LogP) is 5.17. The zero-order chi connectivity index (χ0) is 24.9. The number of aromatic amines is 1. The van der Waals surface area contributed by atoms with Gasteiger partial charge in [0.1, 0.15) is 5.82 Å². The van der Waals surface area contributed by atoms with Crippen molar-refractivity contribution in [2.75, 3.05) is 11.5 Å². The fourth-order valence-electron chi connectivity index (χ4n) is 4.79. The fraction of sp³-hybridized carbons (Fsp3) is 0.233. The second-order valence-electron chi connectivity index (χ2n) is 9.36. The molecule has 0 unspecified atom stereocenters. The number of hydrogen-bond donors (Lipinski definition) is 2. The molecular weight excluding hydrogens is 460 g/mol. The number of aromatic nitrogens is 4. The van der Waals surface area contributed by atoms with E-state index < -0.39 is 0 Å². The Morgan fingerprint density at radius 1 is 0.838 bits per heavy atom. The van der Waals surface area contributed by atoms with E-state index >= 15 is 0 Å². The summed E-state index contributed by atoms with van der Waals surface area (Å²) in [6.07, 6.45) is 5.67. The molecule has 0 aliphatic carbocycles. The van der Waals surface area contributed by atoms with Crippen LogP contribution >= 0.6 is 0 Å². The average molecular weight is 491 g/mol. The molecule has 37 heavy (non-hydrogen) atoms. The van der Waals surface area contributed by atoms with E-state index in [0.717, 1.165) is 78.8 Å². The van der Waals surface area contributed by atoms with Gasteiger partial charge in [-0.25, -0.2) is 4.98 Å². The number of imidazole rings is 1. The average Bonchev–Trinajstić information content (AvgIpc) is 3.36. The maximum atomic E-state index is 6.12. The second-order valence-corrected chi connectivity index (χ2v) is 9.36. The Labute approximate surface area is 216 Å². The van der Waals surface area contributed by atoms with Crippen LogP contribution in [0.4, 0.5) is 5.69 Å². The van der Waals surface area contributed by atoms with Crippen LogP contribution in [0.1, 0.15) is 34.8 Å². The second kappa shape index (κ2) is 10.8. The lowest BCUT2D eigenvalue weighted by atomic mass is 10.1. The predicted molar refractivity (Wildman–Crippen MR) is 145 cm³/mol. The van der Waals surface area contributed by atoms with E-state index in [1.165, 1.54) is 11.1 Å². The van der Waals surface area contributed by atoms with Gasteiger partial charge in [-0.2, -0.15) is 0 Å². The Bertz CT molecular complexity index is 1430. The molecule has 1 aliphatic rings. The molecule has 4 heterocycles. The number of hydrogen-bond acceptors (Lipinski definition) is 6. The molecule has 186 valence electrons. The number of nitrogens with zero attached hydrogens (tertiary/aromatic N) is 4. The van der Waals surface area contributed by atoms with Crippen LogP contribution in [-0.2, 0) is 32.6 Å². The molecule has 6 rings (SSSR count). The van der Waals surface area contributed by atoms with Crippen LogP contribution < -0.4 is 15.0 Å². The number of benzene rings is 2. The Balaban J connectivity index is 1.21. The molecule has 5 aromatic rings. The number of rotatable bonds is 9. The highest BCUT2D eigenvalue weighted by atomic mass is 16.5. The van der Waals surface area contributed by atoms with Gasteiger partial charge in [-0.1, -0.05) is 42.5 Å². The summed E-state index contributed by atoms with van der Waals surface area (Å²) in [4.78, 5) is 19.6. The van der Waals surface area contributed by atoms with Gasteiger partial charge in [0.15, 0.2) is 5.75 Å². The van der Waals surface area contributed by atoms with Crippen molar-refractivity contribution in [3.8, 4) is 5.75 Å². The zero-order valence-electron chi connectivity index (χ0n) is 20.7. The molecule has 2 N–H and O–H groups in total. The number of nitrogens with one attached hydrogen (secondary N) is 2. The van der Waals surface area contributed by atoms with Crippen molar-refractivity contribution in [1.82, 2.24) is 25.3 Å². The Morgan fingerprint density at radius 3 is 2.57 bits per heavy atom. The summed E-state index contributed by atoms with van der Waals surface area (Å²) in [5.74, 6) is 1.83. The van der Waals surface area contributed by atoms with Crippen LogP contribution in [0.25, 0.3) is 11.0 Å². The Hall–Kier alpha value is -4.23. The normalized spacial score (nSPS) is 12.8. The van der Waals surface area contributed by atoms with Gasteiger partial charge in [-0.05, 0) is 54.3 Å². The van der Waals surface area contributed by atoms with Gasteiger partial charge in [0, 0.05) is 32.0 Å².